The van der Waals surface area contributed by atoms with E-state index in [4.69, 9.17) is 0 Å². The minimum absolute atomic E-state index is 0.389. The van der Waals surface area contributed by atoms with Crippen LogP contribution in [-0.4, -0.2) is 64.5 Å². The van der Waals surface area contributed by atoms with Crippen molar-refractivity contribution in [2.45, 2.75) is 32.9 Å². The molecule has 2 aromatic rings. The Morgan fingerprint density at radius 1 is 1.21 bits per heavy atom. The zero-order chi connectivity index (χ0) is 20.9. The van der Waals surface area contributed by atoms with Crippen LogP contribution in [0.5, 0.6) is 0 Å². The summed E-state index contributed by atoms with van der Waals surface area (Å²) in [6.07, 6.45) is -3.17. The van der Waals surface area contributed by atoms with Crippen LogP contribution < -0.4 is 10.2 Å². The average molecular weight is 448 g/mol. The summed E-state index contributed by atoms with van der Waals surface area (Å²) in [5.41, 5.74) is -0.826. The fourth-order valence-electron chi connectivity index (χ4n) is 2.87. The van der Waals surface area contributed by atoms with Gasteiger partial charge in [0.25, 0.3) is 0 Å². The molecule has 0 unspecified atom stereocenters. The van der Waals surface area contributed by atoms with Crippen LogP contribution >= 0.6 is 22.9 Å². The second-order valence-electron chi connectivity index (χ2n) is 6.43. The lowest BCUT2D eigenvalue weighted by Gasteiger charge is -2.36. The average Bonchev–Trinajstić information content (AvgIpc) is 3.37. The first-order valence-corrected chi connectivity index (χ1v) is 11.2. The van der Waals surface area contributed by atoms with Crippen LogP contribution in [0.3, 0.4) is 0 Å². The Balaban J connectivity index is 1.54. The molecule has 1 saturated heterocycles. The fraction of sp³-hybridized carbons (Fsp3) is 0.647. The van der Waals surface area contributed by atoms with Gasteiger partial charge < -0.3 is 15.1 Å². The number of hydrogen-bond donors (Lipinski definition) is 1. The maximum absolute atomic E-state index is 12.7. The van der Waals surface area contributed by atoms with E-state index in [1.807, 2.05) is 13.8 Å². The number of anilines is 1. The third kappa shape index (κ3) is 5.78. The van der Waals surface area contributed by atoms with E-state index >= 15 is 0 Å². The standard InChI is InChI=1S/C17H24F3N7S2/c1-3-13-24-16(29-25-13)27-9-7-26(8-10-27)15(21-4-2)22-6-5-14-23-12(11-28-14)17(18,19)20/h11H,3-10H2,1-2H3,(H,21,22). The van der Waals surface area contributed by atoms with E-state index in [0.29, 0.717) is 18.0 Å². The van der Waals surface area contributed by atoms with E-state index in [9.17, 15) is 13.2 Å². The first kappa shape index (κ1) is 21.8. The Kier molecular flexibility index (Phi) is 7.28. The normalized spacial score (nSPS) is 15.8. The molecule has 29 heavy (non-hydrogen) atoms. The number of guanidine groups is 1. The van der Waals surface area contributed by atoms with Crippen LogP contribution in [0, 0.1) is 0 Å². The molecule has 0 bridgehead atoms. The van der Waals surface area contributed by atoms with Gasteiger partial charge in [0.1, 0.15) is 5.82 Å². The number of alkyl halides is 3. The number of thiazole rings is 1. The second-order valence-corrected chi connectivity index (χ2v) is 8.10. The third-order valence-electron chi connectivity index (χ3n) is 4.39. The minimum atomic E-state index is -4.39. The van der Waals surface area contributed by atoms with Crippen molar-refractivity contribution in [2.24, 2.45) is 4.99 Å². The largest absolute Gasteiger partial charge is 0.434 e. The molecule has 1 aliphatic heterocycles. The molecule has 0 atom stereocenters. The molecule has 160 valence electrons. The number of aryl methyl sites for hydroxylation is 1. The quantitative estimate of drug-likeness (QED) is 0.543. The van der Waals surface area contributed by atoms with Gasteiger partial charge in [0.15, 0.2) is 11.7 Å². The molecule has 0 radical (unpaired) electrons. The van der Waals surface area contributed by atoms with Gasteiger partial charge in [0, 0.05) is 69.0 Å². The Morgan fingerprint density at radius 2 is 1.97 bits per heavy atom. The Hall–Kier alpha value is -1.95. The van der Waals surface area contributed by atoms with Crippen molar-refractivity contribution < 1.29 is 13.2 Å². The summed E-state index contributed by atoms with van der Waals surface area (Å²) < 4.78 is 42.3. The van der Waals surface area contributed by atoms with Crippen LogP contribution in [0.2, 0.25) is 0 Å². The van der Waals surface area contributed by atoms with Gasteiger partial charge in [-0.05, 0) is 6.92 Å². The van der Waals surface area contributed by atoms with Crippen molar-refractivity contribution in [2.75, 3.05) is 44.2 Å². The molecule has 1 fully saturated rings. The Bertz CT molecular complexity index is 810. The maximum Gasteiger partial charge on any atom is 0.434 e. The molecule has 0 amide bonds. The number of nitrogens with one attached hydrogen (secondary N) is 1. The number of piperazine rings is 1. The van der Waals surface area contributed by atoms with Crippen molar-refractivity contribution in [3.05, 3.63) is 21.9 Å². The Labute approximate surface area is 175 Å². The van der Waals surface area contributed by atoms with Crippen molar-refractivity contribution in [3.8, 4) is 0 Å². The van der Waals surface area contributed by atoms with Gasteiger partial charge in [-0.25, -0.2) is 9.97 Å². The SMILES string of the molecule is CCNC(=NCCc1nc(C(F)(F)F)cs1)N1CCN(c2nc(CC)ns2)CC1. The lowest BCUT2D eigenvalue weighted by atomic mass is 10.3. The molecule has 0 aromatic carbocycles. The summed E-state index contributed by atoms with van der Waals surface area (Å²) in [4.78, 5) is 17.2. The molecule has 3 heterocycles. The first-order chi connectivity index (χ1) is 13.9. The second kappa shape index (κ2) is 9.70. The molecular formula is C17H24F3N7S2. The predicted octanol–water partition coefficient (Wildman–Crippen LogP) is 2.91. The van der Waals surface area contributed by atoms with Gasteiger partial charge in [-0.15, -0.1) is 11.3 Å². The number of rotatable bonds is 6. The first-order valence-electron chi connectivity index (χ1n) is 9.53. The molecule has 0 aliphatic carbocycles. The van der Waals surface area contributed by atoms with E-state index in [1.54, 1.807) is 0 Å². The predicted molar refractivity (Wildman–Crippen MR) is 110 cm³/mol. The Morgan fingerprint density at radius 3 is 2.55 bits per heavy atom. The zero-order valence-electron chi connectivity index (χ0n) is 16.4. The fourth-order valence-corrected chi connectivity index (χ4v) is 4.46. The highest BCUT2D eigenvalue weighted by Gasteiger charge is 2.33. The summed E-state index contributed by atoms with van der Waals surface area (Å²) in [7, 11) is 0. The highest BCUT2D eigenvalue weighted by atomic mass is 32.1. The van der Waals surface area contributed by atoms with Crippen LogP contribution in [0.25, 0.3) is 0 Å². The van der Waals surface area contributed by atoms with Gasteiger partial charge in [0.05, 0.1) is 5.01 Å². The molecule has 12 heteroatoms. The summed E-state index contributed by atoms with van der Waals surface area (Å²) in [6.45, 7) is 8.39. The molecule has 3 rings (SSSR count). The number of halogens is 3. The maximum atomic E-state index is 12.7. The molecule has 1 N–H and O–H groups in total. The van der Waals surface area contributed by atoms with Crippen molar-refractivity contribution in [1.82, 2.24) is 24.6 Å². The van der Waals surface area contributed by atoms with Gasteiger partial charge in [0.2, 0.25) is 5.13 Å². The van der Waals surface area contributed by atoms with Crippen LogP contribution in [0.15, 0.2) is 10.4 Å². The molecule has 1 aliphatic rings. The molecule has 0 saturated carbocycles. The number of aliphatic imine (C=N–C) groups is 1. The molecular weight excluding hydrogens is 423 g/mol. The molecule has 0 spiro atoms. The van der Waals surface area contributed by atoms with Gasteiger partial charge >= 0.3 is 6.18 Å². The van der Waals surface area contributed by atoms with E-state index in [0.717, 1.165) is 72.8 Å². The van der Waals surface area contributed by atoms with Gasteiger partial charge in [-0.1, -0.05) is 6.92 Å². The van der Waals surface area contributed by atoms with E-state index in [2.05, 4.69) is 34.5 Å². The van der Waals surface area contributed by atoms with Crippen LogP contribution in [0.1, 0.15) is 30.4 Å². The van der Waals surface area contributed by atoms with E-state index < -0.39 is 11.9 Å². The van der Waals surface area contributed by atoms with Crippen LogP contribution in [-0.2, 0) is 19.0 Å². The van der Waals surface area contributed by atoms with Crippen LogP contribution in [0.4, 0.5) is 18.3 Å². The highest BCUT2D eigenvalue weighted by Crippen LogP contribution is 2.30. The van der Waals surface area contributed by atoms with Crippen molar-refractivity contribution in [1.29, 1.82) is 0 Å². The van der Waals surface area contributed by atoms with Crippen molar-refractivity contribution in [3.63, 3.8) is 0 Å². The summed E-state index contributed by atoms with van der Waals surface area (Å²) in [6, 6.07) is 0. The number of hydrogen-bond acceptors (Lipinski definition) is 7. The monoisotopic (exact) mass is 447 g/mol. The van der Waals surface area contributed by atoms with Gasteiger partial charge in [-0.3, -0.25) is 4.99 Å². The summed E-state index contributed by atoms with van der Waals surface area (Å²) in [5.74, 6) is 1.66. The van der Waals surface area contributed by atoms with Gasteiger partial charge in [-0.2, -0.15) is 17.5 Å². The lowest BCUT2D eigenvalue weighted by molar-refractivity contribution is -0.140. The van der Waals surface area contributed by atoms with E-state index in [-0.39, 0.29) is 0 Å². The molecule has 2 aromatic heterocycles. The minimum Gasteiger partial charge on any atom is -0.357 e. The van der Waals surface area contributed by atoms with E-state index in [1.165, 1.54) is 11.5 Å². The molecule has 7 nitrogen and oxygen atoms in total. The third-order valence-corrected chi connectivity index (χ3v) is 6.11. The highest BCUT2D eigenvalue weighted by molar-refractivity contribution is 7.10. The lowest BCUT2D eigenvalue weighted by Crippen LogP contribution is -2.52. The summed E-state index contributed by atoms with van der Waals surface area (Å²) in [5, 5.41) is 5.73. The van der Waals surface area contributed by atoms with Crippen molar-refractivity contribution >= 4 is 34.0 Å². The number of aromatic nitrogens is 3. The zero-order valence-corrected chi connectivity index (χ0v) is 18.0. The topological polar surface area (TPSA) is 69.5 Å². The summed E-state index contributed by atoms with van der Waals surface area (Å²) >= 11 is 2.46. The smallest absolute Gasteiger partial charge is 0.357 e. The number of nitrogens with zero attached hydrogens (tertiary/aromatic N) is 6.